The van der Waals surface area contributed by atoms with Crippen LogP contribution in [0.25, 0.3) is 11.1 Å². The summed E-state index contributed by atoms with van der Waals surface area (Å²) < 4.78 is 13.0. The molecule has 0 unspecified atom stereocenters. The highest BCUT2D eigenvalue weighted by atomic mass is 16.7. The van der Waals surface area contributed by atoms with Gasteiger partial charge in [0.05, 0.1) is 18.8 Å². The first-order valence-corrected chi connectivity index (χ1v) is 12.8. The average Bonchev–Trinajstić information content (AvgIpc) is 2.93. The Bertz CT molecular complexity index is 1080. The molecule has 2 aliphatic heterocycles. The quantitative estimate of drug-likeness (QED) is 0.486. The number of nitrogens with two attached hydrogens (primary N) is 1. The zero-order chi connectivity index (χ0) is 24.0. The van der Waals surface area contributed by atoms with Crippen LogP contribution in [0.5, 0.6) is 0 Å². The molecular formula is C30H36N2O3. The molecule has 0 spiro atoms. The SMILES string of the molecule is NCc1cccc(-c2ccc([C@H]3O[C@@H](CN4CCCCC4)C[C@@H](c4ccc(CO)cc4)O3)cc2)c1. The van der Waals surface area contributed by atoms with E-state index in [-0.39, 0.29) is 18.8 Å². The van der Waals surface area contributed by atoms with Gasteiger partial charge >= 0.3 is 0 Å². The predicted molar refractivity (Wildman–Crippen MR) is 138 cm³/mol. The van der Waals surface area contributed by atoms with Crippen molar-refractivity contribution in [2.45, 2.75) is 57.3 Å². The van der Waals surface area contributed by atoms with Gasteiger partial charge in [-0.3, -0.25) is 0 Å². The molecule has 0 amide bonds. The average molecular weight is 473 g/mol. The van der Waals surface area contributed by atoms with Crippen LogP contribution in [0, 0.1) is 0 Å². The number of ether oxygens (including phenoxy) is 2. The molecular weight excluding hydrogens is 436 g/mol. The van der Waals surface area contributed by atoms with Gasteiger partial charge < -0.3 is 25.2 Å². The van der Waals surface area contributed by atoms with E-state index in [1.807, 2.05) is 12.1 Å². The van der Waals surface area contributed by atoms with E-state index in [9.17, 15) is 5.11 Å². The van der Waals surface area contributed by atoms with Crippen LogP contribution in [-0.2, 0) is 22.6 Å². The monoisotopic (exact) mass is 472 g/mol. The van der Waals surface area contributed by atoms with Gasteiger partial charge in [-0.25, -0.2) is 0 Å². The zero-order valence-corrected chi connectivity index (χ0v) is 20.3. The molecule has 0 saturated carbocycles. The maximum absolute atomic E-state index is 9.42. The lowest BCUT2D eigenvalue weighted by molar-refractivity contribution is -0.253. The highest BCUT2D eigenvalue weighted by molar-refractivity contribution is 5.64. The first kappa shape index (κ1) is 24.2. The standard InChI is InChI=1S/C30H36N2O3/c31-19-23-5-4-6-27(17-23)24-11-13-26(14-12-24)30-34-28(20-32-15-2-1-3-16-32)18-29(35-30)25-9-7-22(21-33)8-10-25/h4-14,17,28-30,33H,1-3,15-16,18-21,31H2/t28-,29+,30+/m1/s1. The fourth-order valence-corrected chi connectivity index (χ4v) is 5.17. The van der Waals surface area contributed by atoms with Crippen molar-refractivity contribution in [2.75, 3.05) is 19.6 Å². The number of nitrogens with zero attached hydrogens (tertiary/aromatic N) is 1. The van der Waals surface area contributed by atoms with Crippen molar-refractivity contribution in [3.05, 3.63) is 95.1 Å². The Hall–Kier alpha value is -2.54. The number of likely N-dealkylation sites (tertiary alicyclic amines) is 1. The van der Waals surface area contributed by atoms with Crippen LogP contribution in [-0.4, -0.2) is 35.7 Å². The summed E-state index contributed by atoms with van der Waals surface area (Å²) in [6.07, 6.45) is 4.35. The van der Waals surface area contributed by atoms with Crippen LogP contribution in [0.1, 0.15) is 60.3 Å². The molecule has 0 aliphatic carbocycles. The molecule has 5 rings (SSSR count). The predicted octanol–water partition coefficient (Wildman–Crippen LogP) is 5.34. The van der Waals surface area contributed by atoms with Gasteiger partial charge in [0, 0.05) is 25.1 Å². The van der Waals surface area contributed by atoms with Gasteiger partial charge in [-0.05, 0) is 59.8 Å². The van der Waals surface area contributed by atoms with Gasteiger partial charge in [0.2, 0.25) is 0 Å². The second kappa shape index (κ2) is 11.5. The van der Waals surface area contributed by atoms with Gasteiger partial charge in [0.15, 0.2) is 6.29 Å². The van der Waals surface area contributed by atoms with E-state index in [1.165, 1.54) is 19.3 Å². The third kappa shape index (κ3) is 6.00. The summed E-state index contributed by atoms with van der Waals surface area (Å²) in [6, 6.07) is 25.0. The fraction of sp³-hybridized carbons (Fsp3) is 0.400. The molecule has 3 aromatic carbocycles. The first-order chi connectivity index (χ1) is 17.2. The van der Waals surface area contributed by atoms with E-state index < -0.39 is 6.29 Å². The number of piperidine rings is 1. The van der Waals surface area contributed by atoms with Crippen molar-refractivity contribution >= 4 is 0 Å². The maximum atomic E-state index is 9.42. The van der Waals surface area contributed by atoms with Crippen molar-refractivity contribution in [3.63, 3.8) is 0 Å². The van der Waals surface area contributed by atoms with E-state index in [0.717, 1.165) is 59.4 Å². The summed E-state index contributed by atoms with van der Waals surface area (Å²) >= 11 is 0. The summed E-state index contributed by atoms with van der Waals surface area (Å²) in [5, 5.41) is 9.42. The minimum absolute atomic E-state index is 0.0443. The van der Waals surface area contributed by atoms with Crippen LogP contribution < -0.4 is 5.73 Å². The summed E-state index contributed by atoms with van der Waals surface area (Å²) in [7, 11) is 0. The second-order valence-electron chi connectivity index (χ2n) is 9.74. The highest BCUT2D eigenvalue weighted by Gasteiger charge is 2.33. The molecule has 2 aliphatic rings. The molecule has 0 radical (unpaired) electrons. The molecule has 2 saturated heterocycles. The molecule has 2 heterocycles. The molecule has 3 N–H and O–H groups in total. The first-order valence-electron chi connectivity index (χ1n) is 12.8. The van der Waals surface area contributed by atoms with Crippen molar-refractivity contribution < 1.29 is 14.6 Å². The number of aliphatic hydroxyl groups is 1. The van der Waals surface area contributed by atoms with E-state index in [0.29, 0.717) is 6.54 Å². The lowest BCUT2D eigenvalue weighted by Crippen LogP contribution is -2.41. The second-order valence-corrected chi connectivity index (χ2v) is 9.74. The van der Waals surface area contributed by atoms with Gasteiger partial charge in [-0.1, -0.05) is 73.2 Å². The van der Waals surface area contributed by atoms with Gasteiger partial charge in [-0.15, -0.1) is 0 Å². The van der Waals surface area contributed by atoms with Crippen molar-refractivity contribution in [2.24, 2.45) is 5.73 Å². The number of hydrogen-bond donors (Lipinski definition) is 2. The zero-order valence-electron chi connectivity index (χ0n) is 20.3. The molecule has 2 fully saturated rings. The summed E-state index contributed by atoms with van der Waals surface area (Å²) in [4.78, 5) is 2.54. The number of hydrogen-bond acceptors (Lipinski definition) is 5. The largest absolute Gasteiger partial charge is 0.392 e. The van der Waals surface area contributed by atoms with Gasteiger partial charge in [0.25, 0.3) is 0 Å². The number of rotatable bonds is 7. The van der Waals surface area contributed by atoms with Gasteiger partial charge in [-0.2, -0.15) is 0 Å². The topological polar surface area (TPSA) is 68.0 Å². The minimum atomic E-state index is -0.412. The molecule has 5 heteroatoms. The molecule has 0 aromatic heterocycles. The molecule has 184 valence electrons. The molecule has 35 heavy (non-hydrogen) atoms. The summed E-state index contributed by atoms with van der Waals surface area (Å²) in [5.41, 5.74) is 12.3. The molecule has 3 aromatic rings. The number of benzene rings is 3. The summed E-state index contributed by atoms with van der Waals surface area (Å²) in [5.74, 6) is 0. The molecule has 3 atom stereocenters. The number of aliphatic hydroxyl groups excluding tert-OH is 1. The summed E-state index contributed by atoms with van der Waals surface area (Å²) in [6.45, 7) is 3.83. The van der Waals surface area contributed by atoms with Crippen molar-refractivity contribution in [1.82, 2.24) is 4.90 Å². The Labute approximate surface area is 208 Å². The van der Waals surface area contributed by atoms with E-state index >= 15 is 0 Å². The van der Waals surface area contributed by atoms with Crippen LogP contribution in [0.2, 0.25) is 0 Å². The Morgan fingerprint density at radius 3 is 2.26 bits per heavy atom. The van der Waals surface area contributed by atoms with Crippen LogP contribution >= 0.6 is 0 Å². The third-order valence-corrected chi connectivity index (χ3v) is 7.20. The van der Waals surface area contributed by atoms with E-state index in [2.05, 4.69) is 65.6 Å². The van der Waals surface area contributed by atoms with Crippen LogP contribution in [0.15, 0.2) is 72.8 Å². The fourth-order valence-electron chi connectivity index (χ4n) is 5.17. The maximum Gasteiger partial charge on any atom is 0.184 e. The molecule has 0 bridgehead atoms. The van der Waals surface area contributed by atoms with Crippen molar-refractivity contribution in [1.29, 1.82) is 0 Å². The lowest BCUT2D eigenvalue weighted by Gasteiger charge is -2.39. The lowest BCUT2D eigenvalue weighted by atomic mass is 9.98. The Morgan fingerprint density at radius 1 is 0.800 bits per heavy atom. The van der Waals surface area contributed by atoms with E-state index in [1.54, 1.807) is 0 Å². The normalized spacial score (nSPS) is 23.3. The minimum Gasteiger partial charge on any atom is -0.392 e. The van der Waals surface area contributed by atoms with Crippen LogP contribution in [0.3, 0.4) is 0 Å². The molecule has 5 nitrogen and oxygen atoms in total. The third-order valence-electron chi connectivity index (χ3n) is 7.20. The van der Waals surface area contributed by atoms with Crippen LogP contribution in [0.4, 0.5) is 0 Å². The Morgan fingerprint density at radius 2 is 1.54 bits per heavy atom. The van der Waals surface area contributed by atoms with Gasteiger partial charge in [0.1, 0.15) is 0 Å². The Kier molecular flexibility index (Phi) is 7.92. The highest BCUT2D eigenvalue weighted by Crippen LogP contribution is 2.38. The smallest absolute Gasteiger partial charge is 0.184 e. The van der Waals surface area contributed by atoms with E-state index in [4.69, 9.17) is 15.2 Å². The van der Waals surface area contributed by atoms with Crippen molar-refractivity contribution in [3.8, 4) is 11.1 Å². The Balaban J connectivity index is 1.36.